The fourth-order valence-electron chi connectivity index (χ4n) is 3.76. The number of phenolic OH excluding ortho intramolecular Hbond substituents is 2. The Hall–Kier alpha value is -2.43. The van der Waals surface area contributed by atoms with Crippen molar-refractivity contribution in [3.8, 4) is 11.5 Å². The molecule has 2 aromatic carbocycles. The molecule has 0 aliphatic carbocycles. The van der Waals surface area contributed by atoms with E-state index in [-0.39, 0.29) is 17.5 Å². The number of aromatic nitrogens is 1. The number of halogens is 1. The van der Waals surface area contributed by atoms with E-state index in [2.05, 4.69) is 39.9 Å². The van der Waals surface area contributed by atoms with Gasteiger partial charge in [0.25, 0.3) is 0 Å². The number of hydrogen-bond donors (Lipinski definition) is 2. The molecule has 3 aromatic rings. The van der Waals surface area contributed by atoms with Crippen molar-refractivity contribution in [3.63, 3.8) is 0 Å². The van der Waals surface area contributed by atoms with E-state index in [1.807, 2.05) is 18.2 Å². The summed E-state index contributed by atoms with van der Waals surface area (Å²) in [6, 6.07) is 17.4. The van der Waals surface area contributed by atoms with Gasteiger partial charge in [-0.15, -0.1) is 0 Å². The molecule has 134 valence electrons. The second kappa shape index (κ2) is 7.06. The normalized spacial score (nSPS) is 17.7. The Labute approximate surface area is 157 Å². The van der Waals surface area contributed by atoms with Crippen molar-refractivity contribution in [1.82, 2.24) is 9.47 Å². The van der Waals surface area contributed by atoms with Gasteiger partial charge in [0.1, 0.15) is 0 Å². The summed E-state index contributed by atoms with van der Waals surface area (Å²) in [7, 11) is 0. The average Bonchev–Trinajstić information content (AvgIpc) is 3.02. The Balaban J connectivity index is 1.76. The van der Waals surface area contributed by atoms with Crippen molar-refractivity contribution in [1.29, 1.82) is 0 Å². The maximum absolute atomic E-state index is 10.2. The molecule has 1 atom stereocenters. The standard InChI is InChI=1S/C21H21ClN2O2/c22-17-9-7-15(8-10-17)20-18-5-2-11-23(18)12-3-13-24(20)14-16-4-1-6-19(25)21(16)26/h1-2,4-11,20,25-26H,3,12-14H2. The van der Waals surface area contributed by atoms with Crippen LogP contribution in [0.25, 0.3) is 0 Å². The van der Waals surface area contributed by atoms with Gasteiger partial charge in [0, 0.05) is 42.1 Å². The first-order valence-electron chi connectivity index (χ1n) is 8.78. The molecule has 0 saturated carbocycles. The van der Waals surface area contributed by atoms with Crippen molar-refractivity contribution < 1.29 is 10.2 Å². The van der Waals surface area contributed by atoms with Crippen LogP contribution in [-0.2, 0) is 13.1 Å². The van der Waals surface area contributed by atoms with Gasteiger partial charge in [-0.2, -0.15) is 0 Å². The minimum absolute atomic E-state index is 0.0398. The predicted octanol–water partition coefficient (Wildman–Crippen LogP) is 4.55. The molecule has 0 amide bonds. The Morgan fingerprint density at radius 2 is 1.77 bits per heavy atom. The summed E-state index contributed by atoms with van der Waals surface area (Å²) in [5.41, 5.74) is 3.12. The third-order valence-electron chi connectivity index (χ3n) is 5.01. The van der Waals surface area contributed by atoms with E-state index in [1.165, 1.54) is 11.8 Å². The van der Waals surface area contributed by atoms with E-state index >= 15 is 0 Å². The number of fused-ring (bicyclic) bond motifs is 1. The Bertz CT molecular complexity index is 905. The van der Waals surface area contributed by atoms with Gasteiger partial charge >= 0.3 is 0 Å². The highest BCUT2D eigenvalue weighted by Crippen LogP contribution is 2.36. The van der Waals surface area contributed by atoms with E-state index in [1.54, 1.807) is 6.07 Å². The first-order chi connectivity index (χ1) is 12.6. The highest BCUT2D eigenvalue weighted by atomic mass is 35.5. The molecule has 1 aromatic heterocycles. The second-order valence-electron chi connectivity index (χ2n) is 6.69. The van der Waals surface area contributed by atoms with Gasteiger partial charge in [0.05, 0.1) is 6.04 Å². The lowest BCUT2D eigenvalue weighted by atomic mass is 10.0. The summed E-state index contributed by atoms with van der Waals surface area (Å²) in [5.74, 6) is -0.120. The summed E-state index contributed by atoms with van der Waals surface area (Å²) in [6.07, 6.45) is 3.14. The summed E-state index contributed by atoms with van der Waals surface area (Å²) < 4.78 is 2.29. The molecule has 26 heavy (non-hydrogen) atoms. The highest BCUT2D eigenvalue weighted by molar-refractivity contribution is 6.30. The van der Waals surface area contributed by atoms with Gasteiger partial charge < -0.3 is 14.8 Å². The molecular weight excluding hydrogens is 348 g/mol. The molecule has 0 saturated heterocycles. The SMILES string of the molecule is Oc1cccc(CN2CCCn3cccc3C2c2ccc(Cl)cc2)c1O. The van der Waals surface area contributed by atoms with Crippen molar-refractivity contribution in [2.45, 2.75) is 25.6 Å². The third kappa shape index (κ3) is 3.18. The van der Waals surface area contributed by atoms with E-state index in [9.17, 15) is 10.2 Å². The quantitative estimate of drug-likeness (QED) is 0.667. The van der Waals surface area contributed by atoms with Gasteiger partial charge in [-0.05, 0) is 42.3 Å². The largest absolute Gasteiger partial charge is 0.504 e. The van der Waals surface area contributed by atoms with E-state index in [4.69, 9.17) is 11.6 Å². The maximum atomic E-state index is 10.2. The number of hydrogen-bond acceptors (Lipinski definition) is 3. The zero-order valence-electron chi connectivity index (χ0n) is 14.3. The molecule has 1 aliphatic rings. The molecule has 1 aliphatic heterocycles. The van der Waals surface area contributed by atoms with Gasteiger partial charge in [-0.25, -0.2) is 0 Å². The van der Waals surface area contributed by atoms with Crippen LogP contribution in [0.3, 0.4) is 0 Å². The van der Waals surface area contributed by atoms with Crippen molar-refractivity contribution in [2.75, 3.05) is 6.54 Å². The summed E-state index contributed by atoms with van der Waals surface area (Å²) >= 11 is 6.09. The van der Waals surface area contributed by atoms with Crippen LogP contribution in [0.1, 0.15) is 29.3 Å². The minimum Gasteiger partial charge on any atom is -0.504 e. The van der Waals surface area contributed by atoms with Crippen LogP contribution in [0.15, 0.2) is 60.8 Å². The first kappa shape index (κ1) is 17.0. The molecule has 0 radical (unpaired) electrons. The molecule has 2 heterocycles. The van der Waals surface area contributed by atoms with E-state index < -0.39 is 0 Å². The van der Waals surface area contributed by atoms with Crippen LogP contribution in [-0.4, -0.2) is 26.2 Å². The fraction of sp³-hybridized carbons (Fsp3) is 0.238. The number of aryl methyl sites for hydroxylation is 1. The molecule has 1 unspecified atom stereocenters. The maximum Gasteiger partial charge on any atom is 0.161 e. The lowest BCUT2D eigenvalue weighted by molar-refractivity contribution is 0.217. The molecular formula is C21H21ClN2O2. The molecule has 2 N–H and O–H groups in total. The fourth-order valence-corrected chi connectivity index (χ4v) is 3.89. The van der Waals surface area contributed by atoms with Crippen LogP contribution in [0.5, 0.6) is 11.5 Å². The third-order valence-corrected chi connectivity index (χ3v) is 5.26. The monoisotopic (exact) mass is 368 g/mol. The van der Waals surface area contributed by atoms with Crippen LogP contribution in [0, 0.1) is 0 Å². The predicted molar refractivity (Wildman–Crippen MR) is 103 cm³/mol. The summed E-state index contributed by atoms with van der Waals surface area (Å²) in [6.45, 7) is 2.41. The molecule has 0 fully saturated rings. The van der Waals surface area contributed by atoms with Gasteiger partial charge in [0.15, 0.2) is 11.5 Å². The molecule has 0 bridgehead atoms. The summed E-state index contributed by atoms with van der Waals surface area (Å²) in [5, 5.41) is 20.8. The van der Waals surface area contributed by atoms with Gasteiger partial charge in [-0.3, -0.25) is 4.90 Å². The van der Waals surface area contributed by atoms with Crippen molar-refractivity contribution in [2.24, 2.45) is 0 Å². The second-order valence-corrected chi connectivity index (χ2v) is 7.13. The lowest BCUT2D eigenvalue weighted by Gasteiger charge is -2.31. The Morgan fingerprint density at radius 3 is 2.58 bits per heavy atom. The van der Waals surface area contributed by atoms with Crippen LogP contribution in [0.4, 0.5) is 0 Å². The number of nitrogens with zero attached hydrogens (tertiary/aromatic N) is 2. The highest BCUT2D eigenvalue weighted by Gasteiger charge is 2.28. The number of para-hydroxylation sites is 1. The molecule has 4 nitrogen and oxygen atoms in total. The first-order valence-corrected chi connectivity index (χ1v) is 9.15. The van der Waals surface area contributed by atoms with E-state index in [0.717, 1.165) is 35.7 Å². The average molecular weight is 369 g/mol. The Morgan fingerprint density at radius 1 is 0.962 bits per heavy atom. The van der Waals surface area contributed by atoms with Gasteiger partial charge in [0.2, 0.25) is 0 Å². The zero-order valence-corrected chi connectivity index (χ0v) is 15.1. The zero-order chi connectivity index (χ0) is 18.1. The van der Waals surface area contributed by atoms with Gasteiger partial charge in [-0.1, -0.05) is 35.9 Å². The molecule has 0 spiro atoms. The number of phenols is 2. The van der Waals surface area contributed by atoms with Crippen LogP contribution in [0.2, 0.25) is 5.02 Å². The topological polar surface area (TPSA) is 48.6 Å². The molecule has 5 heteroatoms. The smallest absolute Gasteiger partial charge is 0.161 e. The van der Waals surface area contributed by atoms with Crippen molar-refractivity contribution in [3.05, 3.63) is 82.6 Å². The summed E-state index contributed by atoms with van der Waals surface area (Å²) in [4.78, 5) is 2.34. The number of benzene rings is 2. The van der Waals surface area contributed by atoms with Crippen LogP contribution < -0.4 is 0 Å². The van der Waals surface area contributed by atoms with E-state index in [0.29, 0.717) is 6.54 Å². The Kier molecular flexibility index (Phi) is 4.62. The number of rotatable bonds is 3. The minimum atomic E-state index is -0.0799. The number of aromatic hydroxyl groups is 2. The lowest BCUT2D eigenvalue weighted by Crippen LogP contribution is -2.29. The molecule has 4 rings (SSSR count). The van der Waals surface area contributed by atoms with Crippen molar-refractivity contribution >= 4 is 11.6 Å². The van der Waals surface area contributed by atoms with Crippen LogP contribution >= 0.6 is 11.6 Å².